The average molecular weight is 454 g/mol. The van der Waals surface area contributed by atoms with E-state index in [-0.39, 0.29) is 30.3 Å². The van der Waals surface area contributed by atoms with E-state index in [4.69, 9.17) is 0 Å². The van der Waals surface area contributed by atoms with Gasteiger partial charge in [-0.1, -0.05) is 78.4 Å². The first-order chi connectivity index (χ1) is 16.5. The van der Waals surface area contributed by atoms with Gasteiger partial charge in [-0.2, -0.15) is 0 Å². The summed E-state index contributed by atoms with van der Waals surface area (Å²) < 4.78 is 0. The molecule has 0 aliphatic carbocycles. The molecule has 3 aromatic carbocycles. The van der Waals surface area contributed by atoms with E-state index in [1.165, 1.54) is 16.0 Å². The van der Waals surface area contributed by atoms with Crippen molar-refractivity contribution in [2.24, 2.45) is 0 Å². The summed E-state index contributed by atoms with van der Waals surface area (Å²) in [5.74, 6) is -0.191. The van der Waals surface area contributed by atoms with Gasteiger partial charge in [-0.05, 0) is 36.6 Å². The third-order valence-corrected chi connectivity index (χ3v) is 7.10. The molecular weight excluding hydrogens is 422 g/mol. The Hall–Kier alpha value is -3.28. The van der Waals surface area contributed by atoms with Crippen LogP contribution in [0.25, 0.3) is 0 Å². The van der Waals surface area contributed by atoms with Crippen molar-refractivity contribution in [3.05, 3.63) is 101 Å². The van der Waals surface area contributed by atoms with Gasteiger partial charge in [0.2, 0.25) is 5.91 Å². The van der Waals surface area contributed by atoms with Crippen molar-refractivity contribution in [2.45, 2.75) is 32.4 Å². The van der Waals surface area contributed by atoms with E-state index in [9.17, 15) is 9.59 Å². The van der Waals surface area contributed by atoms with Gasteiger partial charge in [-0.25, -0.2) is 4.90 Å². The van der Waals surface area contributed by atoms with E-state index in [1.54, 1.807) is 0 Å². The molecule has 0 bridgehead atoms. The summed E-state index contributed by atoms with van der Waals surface area (Å²) >= 11 is 0. The Morgan fingerprint density at radius 1 is 0.765 bits per heavy atom. The number of carbonyl (C=O) groups excluding carboxylic acids is 2. The molecule has 34 heavy (non-hydrogen) atoms. The third kappa shape index (κ3) is 4.29. The molecule has 0 saturated carbocycles. The van der Waals surface area contributed by atoms with Crippen molar-refractivity contribution >= 4 is 17.5 Å². The van der Waals surface area contributed by atoms with Crippen LogP contribution in [0.4, 0.5) is 5.69 Å². The van der Waals surface area contributed by atoms with E-state index in [2.05, 4.69) is 58.3 Å². The molecule has 0 unspecified atom stereocenters. The minimum atomic E-state index is -0.373. The molecule has 0 aromatic heterocycles. The highest BCUT2D eigenvalue weighted by Gasteiger charge is 2.44. The number of hydrogen-bond donors (Lipinski definition) is 0. The maximum Gasteiger partial charge on any atom is 0.251 e. The molecule has 0 N–H and O–H groups in total. The first kappa shape index (κ1) is 22.5. The van der Waals surface area contributed by atoms with Gasteiger partial charge in [-0.3, -0.25) is 19.4 Å². The monoisotopic (exact) mass is 453 g/mol. The molecule has 5 nitrogen and oxygen atoms in total. The molecule has 2 aliphatic heterocycles. The fourth-order valence-electron chi connectivity index (χ4n) is 5.40. The van der Waals surface area contributed by atoms with Crippen LogP contribution in [0.5, 0.6) is 0 Å². The second-order valence-electron chi connectivity index (χ2n) is 9.37. The highest BCUT2D eigenvalue weighted by molar-refractivity contribution is 6.22. The van der Waals surface area contributed by atoms with Crippen LogP contribution in [-0.4, -0.2) is 53.8 Å². The SMILES string of the molecule is Cc1ccc(N2C(=O)C[C@@H](N3CCN(C(c4ccccc4)c4ccccc4)CC3)C2=O)c(C)c1. The highest BCUT2D eigenvalue weighted by Crippen LogP contribution is 2.32. The number of aryl methyl sites for hydroxylation is 2. The maximum atomic E-state index is 13.4. The molecule has 5 rings (SSSR count). The van der Waals surface area contributed by atoms with Crippen molar-refractivity contribution in [3.63, 3.8) is 0 Å². The van der Waals surface area contributed by atoms with E-state index >= 15 is 0 Å². The van der Waals surface area contributed by atoms with E-state index < -0.39 is 0 Å². The van der Waals surface area contributed by atoms with Gasteiger partial charge in [-0.15, -0.1) is 0 Å². The molecule has 1 atom stereocenters. The number of carbonyl (C=O) groups is 2. The van der Waals surface area contributed by atoms with Crippen molar-refractivity contribution in [2.75, 3.05) is 31.1 Å². The van der Waals surface area contributed by atoms with Crippen LogP contribution in [0.2, 0.25) is 0 Å². The first-order valence-corrected chi connectivity index (χ1v) is 12.0. The van der Waals surface area contributed by atoms with Crippen LogP contribution in [0.3, 0.4) is 0 Å². The van der Waals surface area contributed by atoms with Crippen molar-refractivity contribution in [3.8, 4) is 0 Å². The Labute approximate surface area is 201 Å². The molecule has 2 saturated heterocycles. The van der Waals surface area contributed by atoms with E-state index in [0.717, 1.165) is 43.0 Å². The zero-order valence-electron chi connectivity index (χ0n) is 19.9. The number of rotatable bonds is 5. The minimum Gasteiger partial charge on any atom is -0.290 e. The Balaban J connectivity index is 1.32. The lowest BCUT2D eigenvalue weighted by Gasteiger charge is -2.41. The normalized spacial score (nSPS) is 19.9. The average Bonchev–Trinajstić information content (AvgIpc) is 3.15. The Kier molecular flexibility index (Phi) is 6.31. The number of amides is 2. The zero-order valence-corrected chi connectivity index (χ0v) is 19.9. The molecule has 2 heterocycles. The minimum absolute atomic E-state index is 0.0897. The van der Waals surface area contributed by atoms with Gasteiger partial charge in [0.1, 0.15) is 0 Å². The van der Waals surface area contributed by atoms with E-state index in [1.807, 2.05) is 44.2 Å². The number of hydrogen-bond acceptors (Lipinski definition) is 4. The smallest absolute Gasteiger partial charge is 0.251 e. The predicted octanol–water partition coefficient (Wildman–Crippen LogP) is 4.34. The lowest BCUT2D eigenvalue weighted by molar-refractivity contribution is -0.123. The van der Waals surface area contributed by atoms with Crippen LogP contribution in [0.1, 0.15) is 34.7 Å². The molecular formula is C29H31N3O2. The molecule has 2 aliphatic rings. The summed E-state index contributed by atoms with van der Waals surface area (Å²) in [6.45, 7) is 7.19. The first-order valence-electron chi connectivity index (χ1n) is 12.0. The van der Waals surface area contributed by atoms with Gasteiger partial charge in [0.05, 0.1) is 24.2 Å². The Morgan fingerprint density at radius 3 is 1.91 bits per heavy atom. The summed E-state index contributed by atoms with van der Waals surface area (Å²) in [6.07, 6.45) is 0.257. The summed E-state index contributed by atoms with van der Waals surface area (Å²) in [6, 6.07) is 26.9. The predicted molar refractivity (Wildman–Crippen MR) is 135 cm³/mol. The van der Waals surface area contributed by atoms with Gasteiger partial charge in [0.15, 0.2) is 0 Å². The van der Waals surface area contributed by atoms with Gasteiger partial charge in [0, 0.05) is 26.2 Å². The van der Waals surface area contributed by atoms with Gasteiger partial charge >= 0.3 is 0 Å². The Bertz CT molecular complexity index is 1130. The summed E-state index contributed by atoms with van der Waals surface area (Å²) in [5, 5.41) is 0. The second-order valence-corrected chi connectivity index (χ2v) is 9.37. The molecule has 0 spiro atoms. The molecule has 5 heteroatoms. The fraction of sp³-hybridized carbons (Fsp3) is 0.310. The largest absolute Gasteiger partial charge is 0.290 e. The Morgan fingerprint density at radius 2 is 1.35 bits per heavy atom. The third-order valence-electron chi connectivity index (χ3n) is 7.10. The maximum absolute atomic E-state index is 13.4. The van der Waals surface area contributed by atoms with Crippen molar-refractivity contribution in [1.82, 2.24) is 9.80 Å². The van der Waals surface area contributed by atoms with Crippen molar-refractivity contribution in [1.29, 1.82) is 0 Å². The summed E-state index contributed by atoms with van der Waals surface area (Å²) in [4.78, 5) is 32.3. The van der Waals surface area contributed by atoms with Crippen LogP contribution in [0, 0.1) is 13.8 Å². The molecule has 174 valence electrons. The van der Waals surface area contributed by atoms with Gasteiger partial charge < -0.3 is 0 Å². The van der Waals surface area contributed by atoms with Crippen LogP contribution in [0.15, 0.2) is 78.9 Å². The molecule has 2 amide bonds. The number of nitrogens with zero attached hydrogens (tertiary/aromatic N) is 3. The number of anilines is 1. The lowest BCUT2D eigenvalue weighted by Crippen LogP contribution is -2.53. The lowest BCUT2D eigenvalue weighted by atomic mass is 9.96. The van der Waals surface area contributed by atoms with Gasteiger partial charge in [0.25, 0.3) is 5.91 Å². The standard InChI is InChI=1S/C29H31N3O2/c1-21-13-14-25(22(2)19-21)32-27(33)20-26(29(32)34)30-15-17-31(18-16-30)28(23-9-5-3-6-10-23)24-11-7-4-8-12-24/h3-14,19,26,28H,15-18,20H2,1-2H3/t26-/m1/s1. The summed E-state index contributed by atoms with van der Waals surface area (Å²) in [5.41, 5.74) is 5.35. The number of imide groups is 1. The van der Waals surface area contributed by atoms with Crippen molar-refractivity contribution < 1.29 is 9.59 Å². The quantitative estimate of drug-likeness (QED) is 0.539. The fourth-order valence-corrected chi connectivity index (χ4v) is 5.40. The number of piperazine rings is 1. The van der Waals surface area contributed by atoms with Crippen LogP contribution < -0.4 is 4.90 Å². The molecule has 0 radical (unpaired) electrons. The topological polar surface area (TPSA) is 43.9 Å². The van der Waals surface area contributed by atoms with E-state index in [0.29, 0.717) is 0 Å². The zero-order chi connectivity index (χ0) is 23.7. The molecule has 3 aromatic rings. The van der Waals surface area contributed by atoms with Crippen LogP contribution in [-0.2, 0) is 9.59 Å². The number of benzene rings is 3. The van der Waals surface area contributed by atoms with Crippen LogP contribution >= 0.6 is 0 Å². The highest BCUT2D eigenvalue weighted by atomic mass is 16.2. The summed E-state index contributed by atoms with van der Waals surface area (Å²) in [7, 11) is 0. The second kappa shape index (κ2) is 9.53. The molecule has 2 fully saturated rings.